The predicted octanol–water partition coefficient (Wildman–Crippen LogP) is 3.20. The fourth-order valence-corrected chi connectivity index (χ4v) is 3.21. The molecule has 0 aliphatic carbocycles. The minimum absolute atomic E-state index is 0.585. The SMILES string of the molecule is COc1ccc(SC2CCCCN2)cc1C. The molecule has 1 N–H and O–H groups in total. The molecule has 2 rings (SSSR count). The number of rotatable bonds is 3. The van der Waals surface area contributed by atoms with E-state index in [0.29, 0.717) is 5.37 Å². The Morgan fingerprint density at radius 1 is 1.38 bits per heavy atom. The van der Waals surface area contributed by atoms with Crippen LogP contribution in [0.25, 0.3) is 0 Å². The fourth-order valence-electron chi connectivity index (χ4n) is 2.01. The van der Waals surface area contributed by atoms with Crippen molar-refractivity contribution in [1.29, 1.82) is 0 Å². The van der Waals surface area contributed by atoms with E-state index in [9.17, 15) is 0 Å². The molecule has 1 aromatic carbocycles. The van der Waals surface area contributed by atoms with Crippen molar-refractivity contribution in [1.82, 2.24) is 5.32 Å². The lowest BCUT2D eigenvalue weighted by atomic mass is 10.2. The van der Waals surface area contributed by atoms with Gasteiger partial charge in [-0.1, -0.05) is 0 Å². The lowest BCUT2D eigenvalue weighted by molar-refractivity contribution is 0.411. The zero-order chi connectivity index (χ0) is 11.4. The summed E-state index contributed by atoms with van der Waals surface area (Å²) < 4.78 is 5.27. The van der Waals surface area contributed by atoms with Crippen LogP contribution in [0.1, 0.15) is 24.8 Å². The van der Waals surface area contributed by atoms with Crippen LogP contribution in [0, 0.1) is 6.92 Å². The van der Waals surface area contributed by atoms with Gasteiger partial charge in [-0.2, -0.15) is 0 Å². The number of nitrogens with one attached hydrogen (secondary N) is 1. The van der Waals surface area contributed by atoms with Crippen LogP contribution < -0.4 is 10.1 Å². The molecule has 0 saturated carbocycles. The Labute approximate surface area is 102 Å². The van der Waals surface area contributed by atoms with Gasteiger partial charge < -0.3 is 10.1 Å². The lowest BCUT2D eigenvalue weighted by Gasteiger charge is -2.23. The third-order valence-corrected chi connectivity index (χ3v) is 4.12. The van der Waals surface area contributed by atoms with Crippen molar-refractivity contribution < 1.29 is 4.74 Å². The summed E-state index contributed by atoms with van der Waals surface area (Å²) in [6.07, 6.45) is 3.94. The van der Waals surface area contributed by atoms with Gasteiger partial charge in [0, 0.05) is 4.90 Å². The van der Waals surface area contributed by atoms with E-state index in [1.54, 1.807) is 7.11 Å². The van der Waals surface area contributed by atoms with Crippen LogP contribution in [-0.4, -0.2) is 19.0 Å². The number of piperidine rings is 1. The van der Waals surface area contributed by atoms with Gasteiger partial charge in [0.2, 0.25) is 0 Å². The number of thioether (sulfide) groups is 1. The van der Waals surface area contributed by atoms with E-state index in [4.69, 9.17) is 4.74 Å². The first-order chi connectivity index (χ1) is 7.79. The Hall–Kier alpha value is -0.670. The molecule has 1 heterocycles. The van der Waals surface area contributed by atoms with E-state index < -0.39 is 0 Å². The van der Waals surface area contributed by atoms with Crippen LogP contribution in [0.5, 0.6) is 5.75 Å². The number of hydrogen-bond donors (Lipinski definition) is 1. The molecule has 2 nitrogen and oxygen atoms in total. The summed E-state index contributed by atoms with van der Waals surface area (Å²) in [5, 5.41) is 4.13. The largest absolute Gasteiger partial charge is 0.496 e. The zero-order valence-corrected chi connectivity index (χ0v) is 10.8. The molecule has 1 unspecified atom stereocenters. The second-order valence-electron chi connectivity index (χ2n) is 4.19. The lowest BCUT2D eigenvalue weighted by Crippen LogP contribution is -2.30. The molecule has 0 amide bonds. The molecule has 16 heavy (non-hydrogen) atoms. The molecule has 0 aromatic heterocycles. The Morgan fingerprint density at radius 3 is 2.88 bits per heavy atom. The maximum atomic E-state index is 5.27. The van der Waals surface area contributed by atoms with Crippen LogP contribution >= 0.6 is 11.8 Å². The Balaban J connectivity index is 2.01. The summed E-state index contributed by atoms with van der Waals surface area (Å²) in [5.41, 5.74) is 1.21. The van der Waals surface area contributed by atoms with E-state index in [1.807, 2.05) is 11.8 Å². The number of benzene rings is 1. The number of hydrogen-bond acceptors (Lipinski definition) is 3. The van der Waals surface area contributed by atoms with Crippen molar-refractivity contribution in [2.75, 3.05) is 13.7 Å². The third-order valence-electron chi connectivity index (χ3n) is 2.91. The molecule has 0 radical (unpaired) electrons. The van der Waals surface area contributed by atoms with Crippen molar-refractivity contribution in [3.8, 4) is 5.75 Å². The van der Waals surface area contributed by atoms with Gasteiger partial charge in [0.25, 0.3) is 0 Å². The molecule has 1 atom stereocenters. The molecule has 0 bridgehead atoms. The standard InChI is InChI=1S/C13H19NOS/c1-10-9-11(6-7-12(10)15-2)16-13-5-3-4-8-14-13/h6-7,9,13-14H,3-5,8H2,1-2H3. The second kappa shape index (κ2) is 5.60. The monoisotopic (exact) mass is 237 g/mol. The number of aryl methyl sites for hydroxylation is 1. The molecular formula is C13H19NOS. The Morgan fingerprint density at radius 2 is 2.25 bits per heavy atom. The molecular weight excluding hydrogens is 218 g/mol. The molecule has 1 saturated heterocycles. The van der Waals surface area contributed by atoms with Gasteiger partial charge in [0.15, 0.2) is 0 Å². The van der Waals surface area contributed by atoms with Crippen molar-refractivity contribution in [2.45, 2.75) is 36.5 Å². The molecule has 1 fully saturated rings. The quantitative estimate of drug-likeness (QED) is 0.872. The summed E-state index contributed by atoms with van der Waals surface area (Å²) in [7, 11) is 1.72. The summed E-state index contributed by atoms with van der Waals surface area (Å²) in [4.78, 5) is 1.33. The first-order valence-corrected chi connectivity index (χ1v) is 6.72. The highest BCUT2D eigenvalue weighted by molar-refractivity contribution is 7.99. The van der Waals surface area contributed by atoms with Crippen LogP contribution in [-0.2, 0) is 0 Å². The highest BCUT2D eigenvalue weighted by Crippen LogP contribution is 2.30. The molecule has 1 aliphatic heterocycles. The Kier molecular flexibility index (Phi) is 4.13. The fraction of sp³-hybridized carbons (Fsp3) is 0.538. The number of ether oxygens (including phenoxy) is 1. The first-order valence-electron chi connectivity index (χ1n) is 5.84. The van der Waals surface area contributed by atoms with Crippen LogP contribution in [0.15, 0.2) is 23.1 Å². The molecule has 0 spiro atoms. The van der Waals surface area contributed by atoms with E-state index in [1.165, 1.54) is 29.7 Å². The second-order valence-corrected chi connectivity index (χ2v) is 5.46. The van der Waals surface area contributed by atoms with E-state index in [0.717, 1.165) is 12.3 Å². The Bertz CT molecular complexity index is 348. The molecule has 88 valence electrons. The molecule has 1 aromatic rings. The third kappa shape index (κ3) is 2.92. The van der Waals surface area contributed by atoms with Crippen molar-refractivity contribution >= 4 is 11.8 Å². The normalized spacial score (nSPS) is 20.8. The van der Waals surface area contributed by atoms with Gasteiger partial charge in [0.05, 0.1) is 12.5 Å². The van der Waals surface area contributed by atoms with Crippen molar-refractivity contribution in [2.24, 2.45) is 0 Å². The summed E-state index contributed by atoms with van der Waals surface area (Å²) >= 11 is 1.93. The zero-order valence-electron chi connectivity index (χ0n) is 9.95. The van der Waals surface area contributed by atoms with Gasteiger partial charge in [0.1, 0.15) is 5.75 Å². The van der Waals surface area contributed by atoms with Crippen molar-refractivity contribution in [3.63, 3.8) is 0 Å². The van der Waals surface area contributed by atoms with Gasteiger partial charge in [-0.3, -0.25) is 0 Å². The van der Waals surface area contributed by atoms with Gasteiger partial charge in [-0.05, 0) is 56.5 Å². The maximum Gasteiger partial charge on any atom is 0.121 e. The molecule has 1 aliphatic rings. The average molecular weight is 237 g/mol. The average Bonchev–Trinajstić information content (AvgIpc) is 2.31. The van der Waals surface area contributed by atoms with Crippen LogP contribution in [0.4, 0.5) is 0 Å². The van der Waals surface area contributed by atoms with Crippen molar-refractivity contribution in [3.05, 3.63) is 23.8 Å². The smallest absolute Gasteiger partial charge is 0.121 e. The van der Waals surface area contributed by atoms with Crippen LogP contribution in [0.2, 0.25) is 0 Å². The number of methoxy groups -OCH3 is 1. The first kappa shape index (κ1) is 11.8. The molecule has 3 heteroatoms. The highest BCUT2D eigenvalue weighted by Gasteiger charge is 2.13. The minimum atomic E-state index is 0.585. The van der Waals surface area contributed by atoms with Gasteiger partial charge in [-0.25, -0.2) is 0 Å². The van der Waals surface area contributed by atoms with Crippen LogP contribution in [0.3, 0.4) is 0 Å². The van der Waals surface area contributed by atoms with Gasteiger partial charge >= 0.3 is 0 Å². The van der Waals surface area contributed by atoms with E-state index >= 15 is 0 Å². The summed E-state index contributed by atoms with van der Waals surface area (Å²) in [6.45, 7) is 3.25. The van der Waals surface area contributed by atoms with E-state index in [-0.39, 0.29) is 0 Å². The summed E-state index contributed by atoms with van der Waals surface area (Å²) in [5.74, 6) is 0.973. The maximum absolute atomic E-state index is 5.27. The minimum Gasteiger partial charge on any atom is -0.496 e. The topological polar surface area (TPSA) is 21.3 Å². The van der Waals surface area contributed by atoms with E-state index in [2.05, 4.69) is 30.4 Å². The highest BCUT2D eigenvalue weighted by atomic mass is 32.2. The predicted molar refractivity (Wildman–Crippen MR) is 69.2 cm³/mol. The van der Waals surface area contributed by atoms with Gasteiger partial charge in [-0.15, -0.1) is 11.8 Å². The summed E-state index contributed by atoms with van der Waals surface area (Å²) in [6, 6.07) is 6.41.